The van der Waals surface area contributed by atoms with Gasteiger partial charge in [0.2, 0.25) is 0 Å². The van der Waals surface area contributed by atoms with Gasteiger partial charge in [-0.15, -0.1) is 0 Å². The van der Waals surface area contributed by atoms with Crippen LogP contribution in [0.5, 0.6) is 5.75 Å². The minimum atomic E-state index is -3.14. The van der Waals surface area contributed by atoms with Crippen molar-refractivity contribution in [1.82, 2.24) is 10.6 Å². The van der Waals surface area contributed by atoms with Gasteiger partial charge in [0.1, 0.15) is 5.75 Å². The number of unbranched alkanes of at least 4 members (excludes halogenated alkanes) is 1. The number of sulfone groups is 1. The molecule has 2 aromatic rings. The van der Waals surface area contributed by atoms with Crippen LogP contribution in [-0.4, -0.2) is 47.9 Å². The summed E-state index contributed by atoms with van der Waals surface area (Å²) in [5, 5.41) is 6.62. The minimum Gasteiger partial charge on any atom is -0.497 e. The SMILES string of the molecule is CN=C(NCCCCc1ccc(OC)cc1)NCCc1ccc(S(C)(=O)=O)cc1. The van der Waals surface area contributed by atoms with Crippen LogP contribution in [0.15, 0.2) is 58.4 Å². The Bertz CT molecular complexity index is 877. The highest BCUT2D eigenvalue weighted by molar-refractivity contribution is 7.90. The van der Waals surface area contributed by atoms with E-state index in [9.17, 15) is 8.42 Å². The average molecular weight is 418 g/mol. The van der Waals surface area contributed by atoms with Gasteiger partial charge in [-0.1, -0.05) is 24.3 Å². The number of methoxy groups -OCH3 is 1. The Balaban J connectivity index is 1.63. The largest absolute Gasteiger partial charge is 0.497 e. The second kappa shape index (κ2) is 11.5. The molecule has 2 aromatic carbocycles. The molecular weight excluding hydrogens is 386 g/mol. The molecule has 0 radical (unpaired) electrons. The molecule has 0 spiro atoms. The van der Waals surface area contributed by atoms with Crippen LogP contribution in [0, 0.1) is 0 Å². The molecule has 2 rings (SSSR count). The highest BCUT2D eigenvalue weighted by atomic mass is 32.2. The predicted molar refractivity (Wildman–Crippen MR) is 119 cm³/mol. The van der Waals surface area contributed by atoms with Crippen LogP contribution in [0.25, 0.3) is 0 Å². The lowest BCUT2D eigenvalue weighted by molar-refractivity contribution is 0.414. The average Bonchev–Trinajstić information content (AvgIpc) is 2.72. The summed E-state index contributed by atoms with van der Waals surface area (Å²) >= 11 is 0. The van der Waals surface area contributed by atoms with Crippen LogP contribution >= 0.6 is 0 Å². The van der Waals surface area contributed by atoms with E-state index < -0.39 is 9.84 Å². The smallest absolute Gasteiger partial charge is 0.190 e. The maximum atomic E-state index is 11.5. The van der Waals surface area contributed by atoms with Crippen molar-refractivity contribution in [2.75, 3.05) is 33.5 Å². The number of benzene rings is 2. The first-order valence-electron chi connectivity index (χ1n) is 9.79. The molecule has 0 atom stereocenters. The summed E-state index contributed by atoms with van der Waals surface area (Å²) in [7, 11) is 0.290. The lowest BCUT2D eigenvalue weighted by atomic mass is 10.1. The maximum Gasteiger partial charge on any atom is 0.190 e. The van der Waals surface area contributed by atoms with Crippen LogP contribution in [0.3, 0.4) is 0 Å². The topological polar surface area (TPSA) is 79.8 Å². The fourth-order valence-corrected chi connectivity index (χ4v) is 3.53. The van der Waals surface area contributed by atoms with Crippen molar-refractivity contribution < 1.29 is 13.2 Å². The third kappa shape index (κ3) is 8.15. The Morgan fingerprint density at radius 3 is 2.07 bits per heavy atom. The molecule has 0 bridgehead atoms. The van der Waals surface area contributed by atoms with E-state index in [1.54, 1.807) is 26.3 Å². The molecule has 0 aromatic heterocycles. The molecule has 29 heavy (non-hydrogen) atoms. The molecule has 0 saturated carbocycles. The van der Waals surface area contributed by atoms with Crippen molar-refractivity contribution in [3.8, 4) is 5.75 Å². The first-order valence-corrected chi connectivity index (χ1v) is 11.7. The van der Waals surface area contributed by atoms with Gasteiger partial charge in [-0.05, 0) is 61.1 Å². The summed E-state index contributed by atoms with van der Waals surface area (Å²) in [6, 6.07) is 15.2. The quantitative estimate of drug-likeness (QED) is 0.353. The lowest BCUT2D eigenvalue weighted by Crippen LogP contribution is -2.38. The fourth-order valence-electron chi connectivity index (χ4n) is 2.90. The maximum absolute atomic E-state index is 11.5. The van der Waals surface area contributed by atoms with Crippen molar-refractivity contribution in [1.29, 1.82) is 0 Å². The van der Waals surface area contributed by atoms with E-state index in [4.69, 9.17) is 4.74 Å². The zero-order chi connectivity index (χ0) is 21.1. The molecule has 0 heterocycles. The van der Waals surface area contributed by atoms with Crippen molar-refractivity contribution in [3.05, 3.63) is 59.7 Å². The Morgan fingerprint density at radius 2 is 1.48 bits per heavy atom. The minimum absolute atomic E-state index is 0.348. The van der Waals surface area contributed by atoms with Crippen molar-refractivity contribution in [2.24, 2.45) is 4.99 Å². The molecule has 0 aliphatic rings. The Labute approximate surface area is 174 Å². The molecule has 7 heteroatoms. The number of rotatable bonds is 10. The van der Waals surface area contributed by atoms with E-state index in [1.807, 2.05) is 24.3 Å². The standard InChI is InChI=1S/C22H31N3O3S/c1-23-22(24-16-5-4-6-18-7-11-20(28-2)12-8-18)25-17-15-19-9-13-21(14-10-19)29(3,26)27/h7-14H,4-6,15-17H2,1-3H3,(H2,23,24,25). The van der Waals surface area contributed by atoms with Gasteiger partial charge in [0.25, 0.3) is 0 Å². The zero-order valence-electron chi connectivity index (χ0n) is 17.4. The number of hydrogen-bond acceptors (Lipinski definition) is 4. The fraction of sp³-hybridized carbons (Fsp3) is 0.409. The summed E-state index contributed by atoms with van der Waals surface area (Å²) in [6.07, 6.45) is 5.21. The predicted octanol–water partition coefficient (Wildman–Crippen LogP) is 2.83. The summed E-state index contributed by atoms with van der Waals surface area (Å²) in [5.74, 6) is 1.67. The number of nitrogens with one attached hydrogen (secondary N) is 2. The Hall–Kier alpha value is -2.54. The van der Waals surface area contributed by atoms with E-state index >= 15 is 0 Å². The van der Waals surface area contributed by atoms with Crippen LogP contribution in [-0.2, 0) is 22.7 Å². The van der Waals surface area contributed by atoms with Gasteiger partial charge in [0.05, 0.1) is 12.0 Å². The summed E-state index contributed by atoms with van der Waals surface area (Å²) in [5.41, 5.74) is 2.40. The van der Waals surface area contributed by atoms with Crippen molar-refractivity contribution in [3.63, 3.8) is 0 Å². The molecule has 0 unspecified atom stereocenters. The normalized spacial score (nSPS) is 11.9. The monoisotopic (exact) mass is 417 g/mol. The Kier molecular flexibility index (Phi) is 8.99. The molecular formula is C22H31N3O3S. The molecule has 0 aliphatic carbocycles. The summed E-state index contributed by atoms with van der Waals surface area (Å²) in [4.78, 5) is 4.59. The molecule has 2 N–H and O–H groups in total. The summed E-state index contributed by atoms with van der Waals surface area (Å²) in [6.45, 7) is 1.59. The first kappa shape index (κ1) is 22.7. The number of nitrogens with zero attached hydrogens (tertiary/aromatic N) is 1. The van der Waals surface area contributed by atoms with E-state index in [0.29, 0.717) is 4.90 Å². The third-order valence-corrected chi connectivity index (χ3v) is 5.75. The number of aryl methyl sites for hydroxylation is 1. The second-order valence-electron chi connectivity index (χ2n) is 6.90. The number of aliphatic imine (C=N–C) groups is 1. The third-order valence-electron chi connectivity index (χ3n) is 4.62. The van der Waals surface area contributed by atoms with E-state index in [-0.39, 0.29) is 0 Å². The second-order valence-corrected chi connectivity index (χ2v) is 8.91. The molecule has 6 nitrogen and oxygen atoms in total. The van der Waals surface area contributed by atoms with Gasteiger partial charge in [-0.25, -0.2) is 8.42 Å². The first-order chi connectivity index (χ1) is 13.9. The van der Waals surface area contributed by atoms with E-state index in [2.05, 4.69) is 27.8 Å². The van der Waals surface area contributed by atoms with Gasteiger partial charge in [0, 0.05) is 26.4 Å². The molecule has 158 valence electrons. The van der Waals surface area contributed by atoms with Gasteiger partial charge in [0.15, 0.2) is 15.8 Å². The van der Waals surface area contributed by atoms with Crippen molar-refractivity contribution in [2.45, 2.75) is 30.6 Å². The molecule has 0 amide bonds. The number of ether oxygens (including phenoxy) is 1. The van der Waals surface area contributed by atoms with Crippen LogP contribution in [0.1, 0.15) is 24.0 Å². The summed E-state index contributed by atoms with van der Waals surface area (Å²) < 4.78 is 28.2. The van der Waals surface area contributed by atoms with E-state index in [1.165, 1.54) is 11.8 Å². The lowest BCUT2D eigenvalue weighted by Gasteiger charge is -2.12. The number of guanidine groups is 1. The number of hydrogen-bond donors (Lipinski definition) is 2. The van der Waals surface area contributed by atoms with Gasteiger partial charge < -0.3 is 15.4 Å². The molecule has 0 fully saturated rings. The van der Waals surface area contributed by atoms with Crippen LogP contribution < -0.4 is 15.4 Å². The van der Waals surface area contributed by atoms with Gasteiger partial charge >= 0.3 is 0 Å². The van der Waals surface area contributed by atoms with Gasteiger partial charge in [-0.3, -0.25) is 4.99 Å². The zero-order valence-corrected chi connectivity index (χ0v) is 18.3. The Morgan fingerprint density at radius 1 is 0.897 bits per heavy atom. The van der Waals surface area contributed by atoms with Crippen LogP contribution in [0.2, 0.25) is 0 Å². The highest BCUT2D eigenvalue weighted by Gasteiger charge is 2.06. The molecule has 0 aliphatic heterocycles. The van der Waals surface area contributed by atoms with Crippen LogP contribution in [0.4, 0.5) is 0 Å². The molecule has 0 saturated heterocycles. The van der Waals surface area contributed by atoms with Crippen molar-refractivity contribution >= 4 is 15.8 Å². The highest BCUT2D eigenvalue weighted by Crippen LogP contribution is 2.13. The van der Waals surface area contributed by atoms with Gasteiger partial charge in [-0.2, -0.15) is 0 Å². The van der Waals surface area contributed by atoms with E-state index in [0.717, 1.165) is 56.0 Å².